The van der Waals surface area contributed by atoms with Gasteiger partial charge in [-0.1, -0.05) is 6.07 Å². The lowest BCUT2D eigenvalue weighted by Crippen LogP contribution is -2.12. The first-order valence-corrected chi connectivity index (χ1v) is 4.21. The number of hydrogen-bond acceptors (Lipinski definition) is 1. The fourth-order valence-corrected chi connectivity index (χ4v) is 1.50. The Kier molecular flexibility index (Phi) is 1.87. The molecule has 1 aliphatic carbocycles. The van der Waals surface area contributed by atoms with Crippen LogP contribution in [-0.2, 0) is 10.2 Å². The molecule has 0 atom stereocenters. The van der Waals surface area contributed by atoms with Crippen molar-refractivity contribution in [1.82, 2.24) is 0 Å². The zero-order chi connectivity index (χ0) is 10.3. The van der Waals surface area contributed by atoms with Crippen molar-refractivity contribution in [1.29, 1.82) is 0 Å². The highest BCUT2D eigenvalue weighted by atomic mass is 19.2. The van der Waals surface area contributed by atoms with E-state index in [4.69, 9.17) is 0 Å². The van der Waals surface area contributed by atoms with Crippen LogP contribution in [0.25, 0.3) is 0 Å². The number of halogens is 3. The van der Waals surface area contributed by atoms with Crippen molar-refractivity contribution < 1.29 is 18.0 Å². The highest BCUT2D eigenvalue weighted by Gasteiger charge is 2.46. The summed E-state index contributed by atoms with van der Waals surface area (Å²) in [5.41, 5.74) is -0.940. The van der Waals surface area contributed by atoms with E-state index in [1.54, 1.807) is 0 Å². The lowest BCUT2D eigenvalue weighted by Gasteiger charge is -2.09. The van der Waals surface area contributed by atoms with E-state index in [1.165, 1.54) is 0 Å². The first-order chi connectivity index (χ1) is 6.60. The molecule has 74 valence electrons. The summed E-state index contributed by atoms with van der Waals surface area (Å²) >= 11 is 0. The number of rotatable bonds is 2. The van der Waals surface area contributed by atoms with Gasteiger partial charge >= 0.3 is 0 Å². The van der Waals surface area contributed by atoms with E-state index < -0.39 is 22.9 Å². The van der Waals surface area contributed by atoms with Gasteiger partial charge < -0.3 is 4.79 Å². The maximum atomic E-state index is 13.2. The molecule has 1 nitrogen and oxygen atoms in total. The minimum Gasteiger partial charge on any atom is -0.302 e. The van der Waals surface area contributed by atoms with E-state index in [0.29, 0.717) is 19.1 Å². The Morgan fingerprint density at radius 3 is 2.29 bits per heavy atom. The van der Waals surface area contributed by atoms with Gasteiger partial charge in [0.2, 0.25) is 0 Å². The third kappa shape index (κ3) is 1.14. The van der Waals surface area contributed by atoms with Gasteiger partial charge in [0.15, 0.2) is 17.5 Å². The zero-order valence-electron chi connectivity index (χ0n) is 7.19. The van der Waals surface area contributed by atoms with E-state index in [1.807, 2.05) is 0 Å². The molecule has 0 aliphatic heterocycles. The van der Waals surface area contributed by atoms with Crippen LogP contribution in [0.5, 0.6) is 0 Å². The zero-order valence-corrected chi connectivity index (χ0v) is 7.19. The third-order valence-corrected chi connectivity index (χ3v) is 2.59. The fraction of sp³-hybridized carbons (Fsp3) is 0.300. The first-order valence-electron chi connectivity index (χ1n) is 4.21. The van der Waals surface area contributed by atoms with Crippen LogP contribution >= 0.6 is 0 Å². The summed E-state index contributed by atoms with van der Waals surface area (Å²) in [4.78, 5) is 10.7. The Hall–Kier alpha value is -1.32. The predicted molar refractivity (Wildman–Crippen MR) is 43.3 cm³/mol. The second-order valence-electron chi connectivity index (χ2n) is 3.50. The Morgan fingerprint density at radius 2 is 1.79 bits per heavy atom. The third-order valence-electron chi connectivity index (χ3n) is 2.59. The molecule has 1 saturated carbocycles. The van der Waals surface area contributed by atoms with Gasteiger partial charge in [-0.15, -0.1) is 0 Å². The molecule has 0 spiro atoms. The molecule has 0 radical (unpaired) electrons. The molecule has 2 rings (SSSR count). The standard InChI is InChI=1S/C10H7F3O/c11-7-2-1-6(8(12)9(7)13)10(5-14)3-4-10/h1-2,5H,3-4H2. The normalized spacial score (nSPS) is 17.9. The van der Waals surface area contributed by atoms with Crippen molar-refractivity contribution in [2.45, 2.75) is 18.3 Å². The molecule has 14 heavy (non-hydrogen) atoms. The number of aldehydes is 1. The van der Waals surface area contributed by atoms with Crippen molar-refractivity contribution in [2.24, 2.45) is 0 Å². The topological polar surface area (TPSA) is 17.1 Å². The number of benzene rings is 1. The monoisotopic (exact) mass is 200 g/mol. The van der Waals surface area contributed by atoms with Crippen LogP contribution in [0.2, 0.25) is 0 Å². The van der Waals surface area contributed by atoms with Crippen LogP contribution in [0, 0.1) is 17.5 Å². The molecule has 0 bridgehead atoms. The molecular formula is C10H7F3O. The smallest absolute Gasteiger partial charge is 0.194 e. The lowest BCUT2D eigenvalue weighted by molar-refractivity contribution is -0.109. The predicted octanol–water partition coefficient (Wildman–Crippen LogP) is 2.33. The molecule has 0 unspecified atom stereocenters. The van der Waals surface area contributed by atoms with Crippen LogP contribution in [0.4, 0.5) is 13.2 Å². The number of hydrogen-bond donors (Lipinski definition) is 0. The summed E-state index contributed by atoms with van der Waals surface area (Å²) < 4.78 is 38.6. The minimum atomic E-state index is -1.50. The summed E-state index contributed by atoms with van der Waals surface area (Å²) in [6.07, 6.45) is 1.60. The highest BCUT2D eigenvalue weighted by molar-refractivity contribution is 5.73. The molecule has 0 saturated heterocycles. The SMILES string of the molecule is O=CC1(c2ccc(F)c(F)c2F)CC1. The number of carbonyl (C=O) groups is 1. The molecule has 1 fully saturated rings. The minimum absolute atomic E-state index is 0.0357. The van der Waals surface area contributed by atoms with Gasteiger partial charge in [0.05, 0.1) is 5.41 Å². The van der Waals surface area contributed by atoms with E-state index in [-0.39, 0.29) is 5.56 Å². The molecule has 0 N–H and O–H groups in total. The fourth-order valence-electron chi connectivity index (χ4n) is 1.50. The van der Waals surface area contributed by atoms with Crippen molar-refractivity contribution in [3.8, 4) is 0 Å². The molecule has 0 heterocycles. The van der Waals surface area contributed by atoms with Crippen LogP contribution in [-0.4, -0.2) is 6.29 Å². The molecule has 4 heteroatoms. The van der Waals surface area contributed by atoms with Gasteiger partial charge in [-0.3, -0.25) is 0 Å². The average Bonchev–Trinajstić information content (AvgIpc) is 2.95. The summed E-state index contributed by atoms with van der Waals surface area (Å²) in [5.74, 6) is -3.97. The molecule has 1 aliphatic rings. The van der Waals surface area contributed by atoms with E-state index in [0.717, 1.165) is 12.1 Å². The van der Waals surface area contributed by atoms with Crippen molar-refractivity contribution in [3.63, 3.8) is 0 Å². The first kappa shape index (κ1) is 9.24. The van der Waals surface area contributed by atoms with Crippen molar-refractivity contribution in [2.75, 3.05) is 0 Å². The Bertz CT molecular complexity index is 397. The average molecular weight is 200 g/mol. The van der Waals surface area contributed by atoms with Crippen LogP contribution < -0.4 is 0 Å². The molecule has 0 aromatic heterocycles. The molecular weight excluding hydrogens is 193 g/mol. The lowest BCUT2D eigenvalue weighted by atomic mass is 9.97. The van der Waals surface area contributed by atoms with Gasteiger partial charge in [0.1, 0.15) is 6.29 Å². The van der Waals surface area contributed by atoms with E-state index in [2.05, 4.69) is 0 Å². The van der Waals surface area contributed by atoms with Gasteiger partial charge in [-0.25, -0.2) is 13.2 Å². The number of carbonyl (C=O) groups excluding carboxylic acids is 1. The van der Waals surface area contributed by atoms with Gasteiger partial charge in [-0.05, 0) is 18.9 Å². The van der Waals surface area contributed by atoms with Crippen molar-refractivity contribution in [3.05, 3.63) is 35.1 Å². The van der Waals surface area contributed by atoms with Crippen LogP contribution in [0.3, 0.4) is 0 Å². The second-order valence-corrected chi connectivity index (χ2v) is 3.50. The van der Waals surface area contributed by atoms with Crippen molar-refractivity contribution >= 4 is 6.29 Å². The summed E-state index contributed by atoms with van der Waals surface area (Å²) in [5, 5.41) is 0. The summed E-state index contributed by atoms with van der Waals surface area (Å²) in [7, 11) is 0. The maximum absolute atomic E-state index is 13.2. The largest absolute Gasteiger partial charge is 0.302 e. The van der Waals surface area contributed by atoms with E-state index in [9.17, 15) is 18.0 Å². The van der Waals surface area contributed by atoms with Gasteiger partial charge in [0, 0.05) is 5.56 Å². The quantitative estimate of drug-likeness (QED) is 0.529. The van der Waals surface area contributed by atoms with Gasteiger partial charge in [-0.2, -0.15) is 0 Å². The van der Waals surface area contributed by atoms with Crippen LogP contribution in [0.1, 0.15) is 18.4 Å². The molecule has 1 aromatic carbocycles. The summed E-state index contributed by atoms with van der Waals surface area (Å²) in [6, 6.07) is 1.98. The maximum Gasteiger partial charge on any atom is 0.194 e. The Morgan fingerprint density at radius 1 is 1.14 bits per heavy atom. The second kappa shape index (κ2) is 2.83. The Labute approximate surface area is 78.5 Å². The molecule has 0 amide bonds. The highest BCUT2D eigenvalue weighted by Crippen LogP contribution is 2.47. The Balaban J connectivity index is 2.55. The summed E-state index contributed by atoms with van der Waals surface area (Å²) in [6.45, 7) is 0. The van der Waals surface area contributed by atoms with Gasteiger partial charge in [0.25, 0.3) is 0 Å². The van der Waals surface area contributed by atoms with E-state index >= 15 is 0 Å². The molecule has 1 aromatic rings. The van der Waals surface area contributed by atoms with Crippen LogP contribution in [0.15, 0.2) is 12.1 Å².